The molecule has 0 aromatic heterocycles. The molecule has 1 unspecified atom stereocenters. The molecule has 1 atom stereocenters. The van der Waals surface area contributed by atoms with Crippen molar-refractivity contribution >= 4 is 0 Å². The molecular weight excluding hydrogens is 320 g/mol. The molecule has 1 aromatic rings. The van der Waals surface area contributed by atoms with Gasteiger partial charge in [0.25, 0.3) is 0 Å². The zero-order valence-electron chi connectivity index (χ0n) is 16.6. The summed E-state index contributed by atoms with van der Waals surface area (Å²) in [6.45, 7) is 4.52. The summed E-state index contributed by atoms with van der Waals surface area (Å²) in [5.74, 6) is 2.06. The van der Waals surface area contributed by atoms with Gasteiger partial charge in [-0.05, 0) is 80.9 Å². The number of hydrogen-bond acceptors (Lipinski definition) is 3. The highest BCUT2D eigenvalue weighted by atomic mass is 16.5. The van der Waals surface area contributed by atoms with Crippen LogP contribution in [0.5, 0.6) is 5.75 Å². The van der Waals surface area contributed by atoms with Crippen LogP contribution in [0.1, 0.15) is 68.1 Å². The third-order valence-corrected chi connectivity index (χ3v) is 6.77. The maximum absolute atomic E-state index is 6.67. The van der Waals surface area contributed by atoms with Crippen LogP contribution in [0.3, 0.4) is 0 Å². The van der Waals surface area contributed by atoms with Crippen LogP contribution in [-0.4, -0.2) is 37.7 Å². The van der Waals surface area contributed by atoms with E-state index in [1.807, 2.05) is 0 Å². The molecule has 2 aliphatic heterocycles. The van der Waals surface area contributed by atoms with Gasteiger partial charge in [-0.3, -0.25) is 0 Å². The maximum atomic E-state index is 6.67. The van der Waals surface area contributed by atoms with Crippen molar-refractivity contribution in [3.05, 3.63) is 28.8 Å². The van der Waals surface area contributed by atoms with Gasteiger partial charge < -0.3 is 15.0 Å². The number of nitrogens with zero attached hydrogens (tertiary/aromatic N) is 1. The van der Waals surface area contributed by atoms with Gasteiger partial charge in [0, 0.05) is 13.1 Å². The molecule has 4 rings (SSSR count). The van der Waals surface area contributed by atoms with Gasteiger partial charge in [-0.1, -0.05) is 38.2 Å². The summed E-state index contributed by atoms with van der Waals surface area (Å²) in [7, 11) is 2.24. The van der Waals surface area contributed by atoms with E-state index in [1.165, 1.54) is 70.1 Å². The normalized spacial score (nSPS) is 25.5. The van der Waals surface area contributed by atoms with Gasteiger partial charge in [0.1, 0.15) is 5.75 Å². The molecule has 1 aromatic carbocycles. The second-order valence-corrected chi connectivity index (χ2v) is 8.79. The van der Waals surface area contributed by atoms with E-state index in [9.17, 15) is 0 Å². The lowest BCUT2D eigenvalue weighted by Crippen LogP contribution is -2.27. The summed E-state index contributed by atoms with van der Waals surface area (Å²) in [4.78, 5) is 2.45. The van der Waals surface area contributed by atoms with E-state index in [4.69, 9.17) is 4.74 Å². The predicted molar refractivity (Wildman–Crippen MR) is 108 cm³/mol. The highest BCUT2D eigenvalue weighted by molar-refractivity contribution is 5.46. The molecule has 0 spiro atoms. The maximum Gasteiger partial charge on any atom is 0.123 e. The van der Waals surface area contributed by atoms with E-state index in [2.05, 4.69) is 29.4 Å². The topological polar surface area (TPSA) is 24.5 Å². The molecule has 0 amide bonds. The fraction of sp³-hybridized carbons (Fsp3) is 0.739. The predicted octanol–water partition coefficient (Wildman–Crippen LogP) is 4.32. The van der Waals surface area contributed by atoms with Crippen molar-refractivity contribution in [2.24, 2.45) is 5.92 Å². The van der Waals surface area contributed by atoms with E-state index in [0.29, 0.717) is 6.10 Å². The second kappa shape index (κ2) is 8.75. The summed E-state index contributed by atoms with van der Waals surface area (Å²) in [5.41, 5.74) is 4.66. The molecule has 0 bridgehead atoms. The van der Waals surface area contributed by atoms with Gasteiger partial charge >= 0.3 is 0 Å². The minimum absolute atomic E-state index is 0.389. The number of fused-ring (bicyclic) bond motifs is 1. The zero-order valence-corrected chi connectivity index (χ0v) is 16.6. The average molecular weight is 357 g/mol. The number of likely N-dealkylation sites (tertiary alicyclic amines) is 1. The minimum Gasteiger partial charge on any atom is -0.490 e. The monoisotopic (exact) mass is 356 g/mol. The molecule has 1 N–H and O–H groups in total. The fourth-order valence-electron chi connectivity index (χ4n) is 5.13. The molecule has 0 radical (unpaired) electrons. The summed E-state index contributed by atoms with van der Waals surface area (Å²) < 4.78 is 6.67. The first-order chi connectivity index (χ1) is 12.8. The zero-order chi connectivity index (χ0) is 17.8. The summed E-state index contributed by atoms with van der Waals surface area (Å²) in [6, 6.07) is 4.65. The minimum atomic E-state index is 0.389. The summed E-state index contributed by atoms with van der Waals surface area (Å²) in [6.07, 6.45) is 13.5. The molecule has 3 aliphatic rings. The van der Waals surface area contributed by atoms with Crippen LogP contribution in [0.2, 0.25) is 0 Å². The number of benzene rings is 1. The van der Waals surface area contributed by atoms with Gasteiger partial charge in [-0.25, -0.2) is 0 Å². The van der Waals surface area contributed by atoms with E-state index in [1.54, 1.807) is 16.7 Å². The molecule has 1 aliphatic carbocycles. The van der Waals surface area contributed by atoms with Crippen LogP contribution in [0.25, 0.3) is 0 Å². The lowest BCUT2D eigenvalue weighted by Gasteiger charge is -2.29. The van der Waals surface area contributed by atoms with Crippen LogP contribution >= 0.6 is 0 Å². The highest BCUT2D eigenvalue weighted by Crippen LogP contribution is 2.35. The van der Waals surface area contributed by atoms with E-state index in [0.717, 1.165) is 32.0 Å². The largest absolute Gasteiger partial charge is 0.490 e. The molecule has 26 heavy (non-hydrogen) atoms. The van der Waals surface area contributed by atoms with Crippen molar-refractivity contribution in [1.29, 1.82) is 0 Å². The van der Waals surface area contributed by atoms with Gasteiger partial charge in [-0.2, -0.15) is 0 Å². The quantitative estimate of drug-likeness (QED) is 0.869. The lowest BCUT2D eigenvalue weighted by atomic mass is 9.82. The standard InChI is InChI=1S/C23H36N2O/c1-25-14-5-8-20(12-15-25)26-23-10-9-19-11-13-24-17-22(19)21(23)16-18-6-3-2-4-7-18/h9-10,18,20,24H,2-8,11-17H2,1H3. The third kappa shape index (κ3) is 4.43. The van der Waals surface area contributed by atoms with Gasteiger partial charge in [0.2, 0.25) is 0 Å². The number of hydrogen-bond donors (Lipinski definition) is 1. The molecular formula is C23H36N2O. The van der Waals surface area contributed by atoms with Crippen molar-refractivity contribution < 1.29 is 4.74 Å². The van der Waals surface area contributed by atoms with Crippen molar-refractivity contribution in [3.63, 3.8) is 0 Å². The third-order valence-electron chi connectivity index (χ3n) is 6.77. The van der Waals surface area contributed by atoms with Crippen LogP contribution < -0.4 is 10.1 Å². The van der Waals surface area contributed by atoms with Gasteiger partial charge in [-0.15, -0.1) is 0 Å². The molecule has 3 nitrogen and oxygen atoms in total. The number of rotatable bonds is 4. The van der Waals surface area contributed by atoms with Gasteiger partial charge in [0.05, 0.1) is 6.10 Å². The van der Waals surface area contributed by atoms with Crippen LogP contribution in [0, 0.1) is 5.92 Å². The molecule has 2 heterocycles. The Morgan fingerprint density at radius 1 is 1.04 bits per heavy atom. The van der Waals surface area contributed by atoms with Crippen LogP contribution in [0.15, 0.2) is 12.1 Å². The molecule has 3 heteroatoms. The lowest BCUT2D eigenvalue weighted by molar-refractivity contribution is 0.180. The Kier molecular flexibility index (Phi) is 6.16. The first kappa shape index (κ1) is 18.3. The Balaban J connectivity index is 1.56. The number of ether oxygens (including phenoxy) is 1. The first-order valence-electron chi connectivity index (χ1n) is 11.0. The Hall–Kier alpha value is -1.06. The SMILES string of the molecule is CN1CCCC(Oc2ccc3c(c2CC2CCCCC2)CNCC3)CC1. The Bertz CT molecular complexity index is 594. The van der Waals surface area contributed by atoms with Crippen molar-refractivity contribution in [2.45, 2.75) is 76.9 Å². The van der Waals surface area contributed by atoms with E-state index >= 15 is 0 Å². The van der Waals surface area contributed by atoms with E-state index in [-0.39, 0.29) is 0 Å². The second-order valence-electron chi connectivity index (χ2n) is 8.79. The fourth-order valence-corrected chi connectivity index (χ4v) is 5.13. The van der Waals surface area contributed by atoms with E-state index < -0.39 is 0 Å². The molecule has 1 saturated heterocycles. The Morgan fingerprint density at radius 2 is 1.92 bits per heavy atom. The molecule has 1 saturated carbocycles. The van der Waals surface area contributed by atoms with Crippen molar-refractivity contribution in [2.75, 3.05) is 26.7 Å². The Morgan fingerprint density at radius 3 is 2.81 bits per heavy atom. The van der Waals surface area contributed by atoms with Crippen LogP contribution in [0.4, 0.5) is 0 Å². The Labute approximate surface area is 159 Å². The summed E-state index contributed by atoms with van der Waals surface area (Å²) >= 11 is 0. The van der Waals surface area contributed by atoms with Crippen LogP contribution in [-0.2, 0) is 19.4 Å². The van der Waals surface area contributed by atoms with Crippen molar-refractivity contribution in [3.8, 4) is 5.75 Å². The van der Waals surface area contributed by atoms with Gasteiger partial charge in [0.15, 0.2) is 0 Å². The average Bonchev–Trinajstić information content (AvgIpc) is 2.89. The number of nitrogens with one attached hydrogen (secondary N) is 1. The van der Waals surface area contributed by atoms with Crippen molar-refractivity contribution in [1.82, 2.24) is 10.2 Å². The molecule has 144 valence electrons. The molecule has 2 fully saturated rings. The smallest absolute Gasteiger partial charge is 0.123 e. The summed E-state index contributed by atoms with van der Waals surface area (Å²) in [5, 5.41) is 3.60. The first-order valence-corrected chi connectivity index (χ1v) is 11.0. The highest BCUT2D eigenvalue weighted by Gasteiger charge is 2.24.